The van der Waals surface area contributed by atoms with Gasteiger partial charge in [0.2, 0.25) is 5.76 Å². The summed E-state index contributed by atoms with van der Waals surface area (Å²) < 4.78 is 15.7. The zero-order chi connectivity index (χ0) is 13.5. The molecule has 0 N–H and O–H groups in total. The molecule has 0 aromatic heterocycles. The Bertz CT molecular complexity index is 443. The second kappa shape index (κ2) is 6.83. The van der Waals surface area contributed by atoms with Crippen LogP contribution >= 0.6 is 0 Å². The summed E-state index contributed by atoms with van der Waals surface area (Å²) in [7, 11) is 0. The van der Waals surface area contributed by atoms with Crippen molar-refractivity contribution in [1.29, 1.82) is 0 Å². The molecule has 0 fully saturated rings. The van der Waals surface area contributed by atoms with Crippen LogP contribution in [0.15, 0.2) is 48.5 Å². The Kier molecular flexibility index (Phi) is 4.84. The van der Waals surface area contributed by atoms with Gasteiger partial charge < -0.3 is 14.2 Å². The van der Waals surface area contributed by atoms with E-state index < -0.39 is 5.97 Å². The molecule has 0 amide bonds. The molecule has 0 bridgehead atoms. The quantitative estimate of drug-likeness (QED) is 0.416. The van der Waals surface area contributed by atoms with Crippen LogP contribution in [0.5, 0.6) is 0 Å². The van der Waals surface area contributed by atoms with Crippen LogP contribution in [0, 0.1) is 0 Å². The standard InChI is InChI=1S/C15H18O4/c1-2-17-15(16)14(19-13-9-5-6-10-13)11-18-12-7-3-4-8-12/h2,7,9,11H,1,3-6,8,10H2/b14-11+. The molecular formula is C15H18O4. The molecule has 0 aromatic carbocycles. The van der Waals surface area contributed by atoms with Gasteiger partial charge in [-0.25, -0.2) is 4.79 Å². The van der Waals surface area contributed by atoms with Crippen molar-refractivity contribution in [2.45, 2.75) is 38.5 Å². The van der Waals surface area contributed by atoms with Crippen molar-refractivity contribution >= 4 is 5.97 Å². The van der Waals surface area contributed by atoms with Gasteiger partial charge in [0, 0.05) is 12.8 Å². The van der Waals surface area contributed by atoms with E-state index in [0.29, 0.717) is 0 Å². The van der Waals surface area contributed by atoms with E-state index in [2.05, 4.69) is 6.58 Å². The molecule has 0 aromatic rings. The maximum Gasteiger partial charge on any atom is 0.382 e. The van der Waals surface area contributed by atoms with Gasteiger partial charge in [0.1, 0.15) is 12.0 Å². The largest absolute Gasteiger partial charge is 0.466 e. The first-order valence-corrected chi connectivity index (χ1v) is 6.54. The number of esters is 1. The van der Waals surface area contributed by atoms with E-state index >= 15 is 0 Å². The summed E-state index contributed by atoms with van der Waals surface area (Å²) in [5.41, 5.74) is 0. The van der Waals surface area contributed by atoms with Gasteiger partial charge in [-0.2, -0.15) is 0 Å². The van der Waals surface area contributed by atoms with E-state index in [-0.39, 0.29) is 5.76 Å². The second-order valence-electron chi connectivity index (χ2n) is 4.40. The molecule has 0 unspecified atom stereocenters. The highest BCUT2D eigenvalue weighted by atomic mass is 16.6. The van der Waals surface area contributed by atoms with Gasteiger partial charge in [0.15, 0.2) is 0 Å². The van der Waals surface area contributed by atoms with Crippen molar-refractivity contribution in [3.05, 3.63) is 48.5 Å². The molecule has 0 heterocycles. The molecule has 2 rings (SSSR count). The van der Waals surface area contributed by atoms with Crippen LogP contribution in [0.3, 0.4) is 0 Å². The average Bonchev–Trinajstić information content (AvgIpc) is 3.08. The first-order valence-electron chi connectivity index (χ1n) is 6.54. The Labute approximate surface area is 113 Å². The molecule has 0 radical (unpaired) electrons. The molecule has 2 aliphatic rings. The number of carbonyl (C=O) groups is 1. The highest BCUT2D eigenvalue weighted by Gasteiger charge is 2.17. The van der Waals surface area contributed by atoms with Gasteiger partial charge in [0.05, 0.1) is 12.0 Å². The first kappa shape index (κ1) is 13.5. The van der Waals surface area contributed by atoms with Gasteiger partial charge in [0.25, 0.3) is 0 Å². The Hall–Kier alpha value is -1.97. The lowest BCUT2D eigenvalue weighted by molar-refractivity contribution is -0.137. The van der Waals surface area contributed by atoms with E-state index in [1.165, 1.54) is 6.26 Å². The fourth-order valence-corrected chi connectivity index (χ4v) is 2.00. The lowest BCUT2D eigenvalue weighted by Crippen LogP contribution is -2.08. The SMILES string of the molecule is C=COC(=O)/C(=C\OC1=CCCC1)OC1=CCCC1. The van der Waals surface area contributed by atoms with E-state index in [1.807, 2.05) is 12.2 Å². The Morgan fingerprint density at radius 3 is 2.42 bits per heavy atom. The van der Waals surface area contributed by atoms with Gasteiger partial charge in [-0.05, 0) is 37.8 Å². The Morgan fingerprint density at radius 2 is 1.84 bits per heavy atom. The number of carbonyl (C=O) groups excluding carboxylic acids is 1. The van der Waals surface area contributed by atoms with Crippen LogP contribution in [-0.4, -0.2) is 5.97 Å². The van der Waals surface area contributed by atoms with E-state index in [4.69, 9.17) is 14.2 Å². The lowest BCUT2D eigenvalue weighted by Gasteiger charge is -2.09. The minimum Gasteiger partial charge on any atom is -0.466 e. The molecule has 0 spiro atoms. The molecule has 19 heavy (non-hydrogen) atoms. The predicted octanol–water partition coefficient (Wildman–Crippen LogP) is 3.68. The van der Waals surface area contributed by atoms with Crippen LogP contribution in [-0.2, 0) is 19.0 Å². The summed E-state index contributed by atoms with van der Waals surface area (Å²) in [6, 6.07) is 0. The maximum atomic E-state index is 11.7. The highest BCUT2D eigenvalue weighted by Crippen LogP contribution is 2.23. The van der Waals surface area contributed by atoms with Crippen molar-refractivity contribution in [2.24, 2.45) is 0 Å². The van der Waals surface area contributed by atoms with Gasteiger partial charge in [-0.3, -0.25) is 0 Å². The summed E-state index contributed by atoms with van der Waals surface area (Å²) in [5, 5.41) is 0. The van der Waals surface area contributed by atoms with E-state index in [9.17, 15) is 4.79 Å². The Balaban J connectivity index is 2.01. The second-order valence-corrected chi connectivity index (χ2v) is 4.40. The molecule has 0 atom stereocenters. The molecule has 102 valence electrons. The Morgan fingerprint density at radius 1 is 1.16 bits per heavy atom. The molecule has 4 heteroatoms. The predicted molar refractivity (Wildman–Crippen MR) is 70.4 cm³/mol. The number of ether oxygens (including phenoxy) is 3. The van der Waals surface area contributed by atoms with E-state index in [0.717, 1.165) is 56.3 Å². The van der Waals surface area contributed by atoms with Crippen LogP contribution in [0.1, 0.15) is 38.5 Å². The molecule has 4 nitrogen and oxygen atoms in total. The maximum absolute atomic E-state index is 11.7. The number of allylic oxidation sites excluding steroid dienone is 4. The minimum atomic E-state index is -0.596. The van der Waals surface area contributed by atoms with Crippen molar-refractivity contribution in [3.8, 4) is 0 Å². The zero-order valence-electron chi connectivity index (χ0n) is 10.9. The summed E-state index contributed by atoms with van der Waals surface area (Å²) in [5.74, 6) is 1.12. The fourth-order valence-electron chi connectivity index (χ4n) is 2.00. The van der Waals surface area contributed by atoms with Gasteiger partial charge in [-0.1, -0.05) is 6.58 Å². The lowest BCUT2D eigenvalue weighted by atomic mass is 10.3. The van der Waals surface area contributed by atoms with Crippen LogP contribution in [0.25, 0.3) is 0 Å². The van der Waals surface area contributed by atoms with Crippen molar-refractivity contribution < 1.29 is 19.0 Å². The number of rotatable bonds is 6. The normalized spacial score (nSPS) is 18.6. The fraction of sp³-hybridized carbons (Fsp3) is 0.400. The third-order valence-electron chi connectivity index (χ3n) is 2.95. The highest BCUT2D eigenvalue weighted by molar-refractivity contribution is 5.86. The van der Waals surface area contributed by atoms with Crippen molar-refractivity contribution in [1.82, 2.24) is 0 Å². The third kappa shape index (κ3) is 4.02. The zero-order valence-corrected chi connectivity index (χ0v) is 10.9. The van der Waals surface area contributed by atoms with Crippen LogP contribution in [0.4, 0.5) is 0 Å². The number of hydrogen-bond donors (Lipinski definition) is 0. The topological polar surface area (TPSA) is 44.8 Å². The van der Waals surface area contributed by atoms with Gasteiger partial charge in [-0.15, -0.1) is 0 Å². The molecule has 0 saturated heterocycles. The molecule has 2 aliphatic carbocycles. The van der Waals surface area contributed by atoms with Gasteiger partial charge >= 0.3 is 5.97 Å². The first-order chi connectivity index (χ1) is 9.29. The van der Waals surface area contributed by atoms with Crippen molar-refractivity contribution in [3.63, 3.8) is 0 Å². The van der Waals surface area contributed by atoms with Crippen molar-refractivity contribution in [2.75, 3.05) is 0 Å². The summed E-state index contributed by atoms with van der Waals surface area (Å²) >= 11 is 0. The molecule has 0 aliphatic heterocycles. The number of hydrogen-bond acceptors (Lipinski definition) is 4. The minimum absolute atomic E-state index is 0.0563. The molecular weight excluding hydrogens is 244 g/mol. The monoisotopic (exact) mass is 262 g/mol. The van der Waals surface area contributed by atoms with Crippen LogP contribution < -0.4 is 0 Å². The van der Waals surface area contributed by atoms with E-state index in [1.54, 1.807) is 0 Å². The summed E-state index contributed by atoms with van der Waals surface area (Å²) in [4.78, 5) is 11.7. The summed E-state index contributed by atoms with van der Waals surface area (Å²) in [6.45, 7) is 3.36. The molecule has 0 saturated carbocycles. The summed E-state index contributed by atoms with van der Waals surface area (Å²) in [6.07, 6.45) is 12.2. The smallest absolute Gasteiger partial charge is 0.382 e. The average molecular weight is 262 g/mol. The van der Waals surface area contributed by atoms with Crippen LogP contribution in [0.2, 0.25) is 0 Å². The third-order valence-corrected chi connectivity index (χ3v) is 2.95.